The number of hydrogen-bond acceptors (Lipinski definition) is 1. The van der Waals surface area contributed by atoms with Crippen LogP contribution in [0.1, 0.15) is 18.1 Å². The van der Waals surface area contributed by atoms with Gasteiger partial charge < -0.3 is 5.11 Å². The van der Waals surface area contributed by atoms with Crippen molar-refractivity contribution < 1.29 is 18.3 Å². The topological polar surface area (TPSA) is 20.2 Å². The molecule has 0 radical (unpaired) electrons. The molecular weight excluding hydrogens is 217 g/mol. The summed E-state index contributed by atoms with van der Waals surface area (Å²) >= 11 is 5.55. The molecule has 1 aromatic carbocycles. The van der Waals surface area contributed by atoms with Crippen molar-refractivity contribution in [2.45, 2.75) is 18.7 Å². The molecule has 1 atom stereocenters. The highest BCUT2D eigenvalue weighted by Crippen LogP contribution is 2.29. The van der Waals surface area contributed by atoms with Gasteiger partial charge in [-0.3, -0.25) is 0 Å². The summed E-state index contributed by atoms with van der Waals surface area (Å²) in [5, 5.41) is 9.61. The van der Waals surface area contributed by atoms with Crippen molar-refractivity contribution in [3.05, 3.63) is 34.9 Å². The lowest BCUT2D eigenvalue weighted by Crippen LogP contribution is -2.13. The minimum atomic E-state index is -4.36. The molecule has 1 aromatic rings. The van der Waals surface area contributed by atoms with Gasteiger partial charge in [-0.15, -0.1) is 0 Å². The molecule has 1 N–H and O–H groups in total. The first kappa shape index (κ1) is 11.3. The first-order chi connectivity index (χ1) is 6.38. The Labute approximate surface area is 84.1 Å². The van der Waals surface area contributed by atoms with E-state index >= 15 is 0 Å². The lowest BCUT2D eigenvalue weighted by Gasteiger charge is -2.13. The van der Waals surface area contributed by atoms with Crippen LogP contribution in [0.4, 0.5) is 13.2 Å². The fourth-order valence-electron chi connectivity index (χ4n) is 1.02. The van der Waals surface area contributed by atoms with E-state index in [1.165, 1.54) is 24.3 Å². The molecule has 0 aliphatic carbocycles. The van der Waals surface area contributed by atoms with Gasteiger partial charge in [-0.1, -0.05) is 23.7 Å². The number of aliphatic hydroxyl groups excluding tert-OH is 1. The van der Waals surface area contributed by atoms with Crippen LogP contribution >= 0.6 is 11.6 Å². The van der Waals surface area contributed by atoms with E-state index in [1.54, 1.807) is 0 Å². The summed E-state index contributed by atoms with van der Waals surface area (Å²) in [7, 11) is 0. The van der Waals surface area contributed by atoms with Crippen LogP contribution in [0.3, 0.4) is 0 Å². The molecule has 0 saturated carbocycles. The van der Waals surface area contributed by atoms with Crippen molar-refractivity contribution in [3.63, 3.8) is 0 Å². The van der Waals surface area contributed by atoms with E-state index in [-0.39, 0.29) is 5.56 Å². The summed E-state index contributed by atoms with van der Waals surface area (Å²) < 4.78 is 35.7. The molecule has 0 heterocycles. The molecule has 0 amide bonds. The molecule has 0 saturated heterocycles. The Kier molecular flexibility index (Phi) is 3.39. The monoisotopic (exact) mass is 224 g/mol. The molecule has 14 heavy (non-hydrogen) atoms. The largest absolute Gasteiger partial charge is 0.391 e. The average molecular weight is 225 g/mol. The zero-order valence-electron chi connectivity index (χ0n) is 7.05. The highest BCUT2D eigenvalue weighted by atomic mass is 35.5. The van der Waals surface area contributed by atoms with E-state index in [1.807, 2.05) is 0 Å². The van der Waals surface area contributed by atoms with Gasteiger partial charge in [0.1, 0.15) is 0 Å². The lowest BCUT2D eigenvalue weighted by molar-refractivity contribution is -0.154. The van der Waals surface area contributed by atoms with Gasteiger partial charge in [0.2, 0.25) is 0 Å². The number of alkyl halides is 3. The molecule has 0 aliphatic heterocycles. The Balaban J connectivity index is 2.70. The molecule has 0 fully saturated rings. The number of rotatable bonds is 2. The van der Waals surface area contributed by atoms with Crippen molar-refractivity contribution in [2.75, 3.05) is 0 Å². The summed E-state index contributed by atoms with van der Waals surface area (Å²) in [5.41, 5.74) is 0.215. The lowest BCUT2D eigenvalue weighted by atomic mass is 10.1. The number of halogens is 4. The zero-order chi connectivity index (χ0) is 10.8. The molecule has 1 nitrogen and oxygen atoms in total. The second kappa shape index (κ2) is 4.19. The molecule has 0 aromatic heterocycles. The van der Waals surface area contributed by atoms with Gasteiger partial charge in [0.05, 0.1) is 12.5 Å². The van der Waals surface area contributed by atoms with E-state index in [0.717, 1.165) is 0 Å². The molecule has 1 unspecified atom stereocenters. The van der Waals surface area contributed by atoms with Crippen LogP contribution in [-0.4, -0.2) is 11.3 Å². The Morgan fingerprint density at radius 3 is 2.14 bits per heavy atom. The number of hydrogen-bond donors (Lipinski definition) is 1. The van der Waals surface area contributed by atoms with Crippen LogP contribution in [0.25, 0.3) is 0 Å². The second-order valence-corrected chi connectivity index (χ2v) is 3.32. The maximum absolute atomic E-state index is 11.9. The van der Waals surface area contributed by atoms with Gasteiger partial charge in [0, 0.05) is 5.02 Å². The van der Waals surface area contributed by atoms with E-state index in [9.17, 15) is 18.3 Å². The van der Waals surface area contributed by atoms with E-state index in [0.29, 0.717) is 5.02 Å². The molecule has 0 bridgehead atoms. The third-order valence-corrected chi connectivity index (χ3v) is 1.93. The smallest absolute Gasteiger partial charge is 0.388 e. The minimum Gasteiger partial charge on any atom is -0.388 e. The van der Waals surface area contributed by atoms with Crippen LogP contribution in [-0.2, 0) is 0 Å². The molecule has 1 rings (SSSR count). The van der Waals surface area contributed by atoms with Crippen LogP contribution < -0.4 is 0 Å². The summed E-state index contributed by atoms with van der Waals surface area (Å²) in [6.07, 6.45) is -7.12. The van der Waals surface area contributed by atoms with E-state index in [4.69, 9.17) is 11.6 Å². The van der Waals surface area contributed by atoms with Crippen molar-refractivity contribution >= 4 is 11.6 Å². The SMILES string of the molecule is OC(CC(F)(F)F)c1ccc(Cl)cc1. The minimum absolute atomic E-state index is 0.215. The van der Waals surface area contributed by atoms with Crippen LogP contribution in [0.5, 0.6) is 0 Å². The third-order valence-electron chi connectivity index (χ3n) is 1.68. The van der Waals surface area contributed by atoms with Gasteiger partial charge in [0.15, 0.2) is 0 Å². The first-order valence-corrected chi connectivity index (χ1v) is 4.26. The Morgan fingerprint density at radius 1 is 1.21 bits per heavy atom. The molecular formula is C9H8ClF3O. The fraction of sp³-hybridized carbons (Fsp3) is 0.333. The highest BCUT2D eigenvalue weighted by Gasteiger charge is 2.31. The third kappa shape index (κ3) is 3.55. The quantitative estimate of drug-likeness (QED) is 0.817. The second-order valence-electron chi connectivity index (χ2n) is 2.89. The summed E-state index contributed by atoms with van der Waals surface area (Å²) in [6, 6.07) is 5.63. The number of aliphatic hydroxyl groups is 1. The Bertz CT molecular complexity index is 294. The maximum Gasteiger partial charge on any atom is 0.391 e. The Hall–Kier alpha value is -0.740. The highest BCUT2D eigenvalue weighted by molar-refractivity contribution is 6.30. The van der Waals surface area contributed by atoms with Crippen LogP contribution in [0.15, 0.2) is 24.3 Å². The number of benzene rings is 1. The fourth-order valence-corrected chi connectivity index (χ4v) is 1.15. The van der Waals surface area contributed by atoms with Gasteiger partial charge in [-0.2, -0.15) is 13.2 Å². The van der Waals surface area contributed by atoms with E-state index < -0.39 is 18.7 Å². The predicted molar refractivity (Wildman–Crippen MR) is 47.1 cm³/mol. The van der Waals surface area contributed by atoms with Gasteiger partial charge >= 0.3 is 6.18 Å². The molecule has 5 heteroatoms. The van der Waals surface area contributed by atoms with Crippen LogP contribution in [0, 0.1) is 0 Å². The van der Waals surface area contributed by atoms with E-state index in [2.05, 4.69) is 0 Å². The predicted octanol–water partition coefficient (Wildman–Crippen LogP) is 3.33. The Morgan fingerprint density at radius 2 is 1.71 bits per heavy atom. The normalized spacial score (nSPS) is 14.1. The van der Waals surface area contributed by atoms with Crippen molar-refractivity contribution in [3.8, 4) is 0 Å². The molecule has 0 aliphatic rings. The standard InChI is InChI=1S/C9H8ClF3O/c10-7-3-1-6(2-4-7)8(14)5-9(11,12)13/h1-4,8,14H,5H2. The van der Waals surface area contributed by atoms with Gasteiger partial charge in [-0.25, -0.2) is 0 Å². The summed E-state index contributed by atoms with van der Waals surface area (Å²) in [5.74, 6) is 0. The van der Waals surface area contributed by atoms with Crippen molar-refractivity contribution in [1.29, 1.82) is 0 Å². The summed E-state index contributed by atoms with van der Waals surface area (Å²) in [6.45, 7) is 0. The van der Waals surface area contributed by atoms with Gasteiger partial charge in [-0.05, 0) is 17.7 Å². The zero-order valence-corrected chi connectivity index (χ0v) is 7.81. The maximum atomic E-state index is 11.9. The van der Waals surface area contributed by atoms with Crippen LogP contribution in [0.2, 0.25) is 5.02 Å². The van der Waals surface area contributed by atoms with Gasteiger partial charge in [0.25, 0.3) is 0 Å². The average Bonchev–Trinajstić information content (AvgIpc) is 2.02. The molecule has 78 valence electrons. The molecule has 0 spiro atoms. The van der Waals surface area contributed by atoms with Crippen molar-refractivity contribution in [2.24, 2.45) is 0 Å². The van der Waals surface area contributed by atoms with Crippen molar-refractivity contribution in [1.82, 2.24) is 0 Å². The first-order valence-electron chi connectivity index (χ1n) is 3.89. The summed E-state index contributed by atoms with van der Waals surface area (Å²) in [4.78, 5) is 0.